The lowest BCUT2D eigenvalue weighted by Gasteiger charge is -2.36. The lowest BCUT2D eigenvalue weighted by atomic mass is 10.1. The topological polar surface area (TPSA) is 49.3 Å². The normalized spacial score (nSPS) is 14.2. The van der Waals surface area contributed by atoms with Crippen molar-refractivity contribution in [1.29, 1.82) is 0 Å². The zero-order valence-electron chi connectivity index (χ0n) is 15.7. The maximum atomic E-state index is 14.0. The number of aryl methyl sites for hydroxylation is 1. The number of carbonyl (C=O) groups is 1. The van der Waals surface area contributed by atoms with E-state index >= 15 is 0 Å². The van der Waals surface area contributed by atoms with Crippen LogP contribution in [0.5, 0.6) is 0 Å². The monoisotopic (exact) mass is 376 g/mol. The van der Waals surface area contributed by atoms with Gasteiger partial charge >= 0.3 is 0 Å². The number of para-hydroxylation sites is 1. The van der Waals surface area contributed by atoms with Gasteiger partial charge in [-0.15, -0.1) is 0 Å². The molecule has 0 saturated carbocycles. The number of hydrogen-bond acceptors (Lipinski definition) is 4. The smallest absolute Gasteiger partial charge is 0.257 e. The number of anilines is 1. The van der Waals surface area contributed by atoms with E-state index in [2.05, 4.69) is 9.97 Å². The van der Waals surface area contributed by atoms with Crippen LogP contribution in [0, 0.1) is 12.7 Å². The van der Waals surface area contributed by atoms with Gasteiger partial charge in [0, 0.05) is 37.9 Å². The van der Waals surface area contributed by atoms with E-state index in [0.717, 1.165) is 5.56 Å². The molecule has 0 radical (unpaired) electrons. The van der Waals surface area contributed by atoms with Gasteiger partial charge in [-0.1, -0.05) is 42.5 Å². The first-order valence-corrected chi connectivity index (χ1v) is 9.31. The Morgan fingerprint density at radius 1 is 0.964 bits per heavy atom. The van der Waals surface area contributed by atoms with Crippen LogP contribution in [0.25, 0.3) is 11.4 Å². The van der Waals surface area contributed by atoms with E-state index in [4.69, 9.17) is 0 Å². The van der Waals surface area contributed by atoms with E-state index in [1.807, 2.05) is 48.2 Å². The predicted molar refractivity (Wildman–Crippen MR) is 107 cm³/mol. The van der Waals surface area contributed by atoms with Gasteiger partial charge < -0.3 is 9.80 Å². The van der Waals surface area contributed by atoms with Crippen molar-refractivity contribution < 1.29 is 9.18 Å². The third-order valence-corrected chi connectivity index (χ3v) is 5.00. The molecule has 1 saturated heterocycles. The summed E-state index contributed by atoms with van der Waals surface area (Å²) in [6.07, 6.45) is 1.61. The fourth-order valence-electron chi connectivity index (χ4n) is 3.43. The summed E-state index contributed by atoms with van der Waals surface area (Å²) in [5, 5.41) is 0. The number of amides is 1. The largest absolute Gasteiger partial charge is 0.366 e. The van der Waals surface area contributed by atoms with Gasteiger partial charge in [-0.3, -0.25) is 4.79 Å². The zero-order valence-corrected chi connectivity index (χ0v) is 15.7. The molecule has 0 atom stereocenters. The van der Waals surface area contributed by atoms with Crippen LogP contribution in [0.4, 0.5) is 10.1 Å². The molecule has 3 aromatic rings. The maximum Gasteiger partial charge on any atom is 0.257 e. The van der Waals surface area contributed by atoms with E-state index < -0.39 is 0 Å². The molecule has 142 valence electrons. The molecule has 2 heterocycles. The molecule has 1 aromatic heterocycles. The molecule has 0 N–H and O–H groups in total. The highest BCUT2D eigenvalue weighted by molar-refractivity contribution is 5.95. The fraction of sp³-hybridized carbons (Fsp3) is 0.227. The maximum absolute atomic E-state index is 14.0. The minimum Gasteiger partial charge on any atom is -0.366 e. The molecule has 28 heavy (non-hydrogen) atoms. The summed E-state index contributed by atoms with van der Waals surface area (Å²) >= 11 is 0. The first-order chi connectivity index (χ1) is 13.6. The van der Waals surface area contributed by atoms with Gasteiger partial charge in [0.2, 0.25) is 0 Å². The molecule has 0 aliphatic carbocycles. The third kappa shape index (κ3) is 3.58. The van der Waals surface area contributed by atoms with Crippen LogP contribution in [-0.2, 0) is 0 Å². The Morgan fingerprint density at radius 3 is 2.32 bits per heavy atom. The van der Waals surface area contributed by atoms with Crippen molar-refractivity contribution in [2.75, 3.05) is 31.1 Å². The molecule has 4 rings (SSSR count). The molecule has 0 unspecified atom stereocenters. The average molecular weight is 376 g/mol. The standard InChI is InChI=1S/C22H21FN4O/c1-16-18(15-24-21(25-16)17-7-3-2-4-8-17)22(28)27-13-11-26(12-14-27)20-10-6-5-9-19(20)23/h2-10,15H,11-14H2,1H3. The molecule has 0 spiro atoms. The van der Waals surface area contributed by atoms with E-state index in [9.17, 15) is 9.18 Å². The van der Waals surface area contributed by atoms with Gasteiger partial charge in [-0.05, 0) is 19.1 Å². The summed E-state index contributed by atoms with van der Waals surface area (Å²) in [6, 6.07) is 16.4. The number of piperazine rings is 1. The van der Waals surface area contributed by atoms with Crippen LogP contribution in [0.1, 0.15) is 16.1 Å². The van der Waals surface area contributed by atoms with Crippen LogP contribution >= 0.6 is 0 Å². The van der Waals surface area contributed by atoms with Gasteiger partial charge in [0.1, 0.15) is 5.82 Å². The summed E-state index contributed by atoms with van der Waals surface area (Å²) in [7, 11) is 0. The second kappa shape index (κ2) is 7.76. The van der Waals surface area contributed by atoms with E-state index in [1.165, 1.54) is 6.07 Å². The second-order valence-corrected chi connectivity index (χ2v) is 6.79. The number of carbonyl (C=O) groups excluding carboxylic acids is 1. The Hall–Kier alpha value is -3.28. The Labute approximate surface area is 163 Å². The van der Waals surface area contributed by atoms with Crippen LogP contribution in [0.2, 0.25) is 0 Å². The second-order valence-electron chi connectivity index (χ2n) is 6.79. The SMILES string of the molecule is Cc1nc(-c2ccccc2)ncc1C(=O)N1CCN(c2ccccc2F)CC1. The van der Waals surface area contributed by atoms with Crippen molar-refractivity contribution in [2.45, 2.75) is 6.92 Å². The molecular weight excluding hydrogens is 355 g/mol. The van der Waals surface area contributed by atoms with Gasteiger partial charge in [0.15, 0.2) is 5.82 Å². The minimum atomic E-state index is -0.233. The van der Waals surface area contributed by atoms with Crippen molar-refractivity contribution in [3.8, 4) is 11.4 Å². The van der Waals surface area contributed by atoms with E-state index in [1.54, 1.807) is 23.2 Å². The summed E-state index contributed by atoms with van der Waals surface area (Å²) in [5.74, 6) is 0.298. The molecule has 2 aromatic carbocycles. The number of aromatic nitrogens is 2. The average Bonchev–Trinajstić information content (AvgIpc) is 2.74. The quantitative estimate of drug-likeness (QED) is 0.701. The van der Waals surface area contributed by atoms with Crippen molar-refractivity contribution in [3.63, 3.8) is 0 Å². The number of rotatable bonds is 3. The van der Waals surface area contributed by atoms with Crippen molar-refractivity contribution >= 4 is 11.6 Å². The molecule has 6 heteroatoms. The summed E-state index contributed by atoms with van der Waals surface area (Å²) < 4.78 is 14.0. The molecule has 1 amide bonds. The highest BCUT2D eigenvalue weighted by Gasteiger charge is 2.25. The van der Waals surface area contributed by atoms with Crippen LogP contribution in [-0.4, -0.2) is 47.0 Å². The molecule has 1 fully saturated rings. The van der Waals surface area contributed by atoms with Gasteiger partial charge in [0.25, 0.3) is 5.91 Å². The van der Waals surface area contributed by atoms with Crippen molar-refractivity contribution in [3.05, 3.63) is 77.9 Å². The van der Waals surface area contributed by atoms with Gasteiger partial charge in [0.05, 0.1) is 16.9 Å². The Kier molecular flexibility index (Phi) is 5.02. The van der Waals surface area contributed by atoms with Gasteiger partial charge in [-0.2, -0.15) is 0 Å². The number of nitrogens with zero attached hydrogens (tertiary/aromatic N) is 4. The summed E-state index contributed by atoms with van der Waals surface area (Å²) in [5.41, 5.74) is 2.68. The van der Waals surface area contributed by atoms with Crippen LogP contribution in [0.3, 0.4) is 0 Å². The van der Waals surface area contributed by atoms with Crippen molar-refractivity contribution in [1.82, 2.24) is 14.9 Å². The zero-order chi connectivity index (χ0) is 19.5. The summed E-state index contributed by atoms with van der Waals surface area (Å²) in [6.45, 7) is 4.08. The number of halogens is 1. The molecule has 1 aliphatic rings. The Balaban J connectivity index is 1.46. The molecule has 0 bridgehead atoms. The molecule has 5 nitrogen and oxygen atoms in total. The highest BCUT2D eigenvalue weighted by atomic mass is 19.1. The lowest BCUT2D eigenvalue weighted by molar-refractivity contribution is 0.0745. The first kappa shape index (κ1) is 18.1. The van der Waals surface area contributed by atoms with Gasteiger partial charge in [-0.25, -0.2) is 14.4 Å². The predicted octanol–water partition coefficient (Wildman–Crippen LogP) is 3.55. The first-order valence-electron chi connectivity index (χ1n) is 9.31. The third-order valence-electron chi connectivity index (χ3n) is 5.00. The lowest BCUT2D eigenvalue weighted by Crippen LogP contribution is -2.49. The van der Waals surface area contributed by atoms with E-state index in [0.29, 0.717) is 48.9 Å². The van der Waals surface area contributed by atoms with Crippen LogP contribution < -0.4 is 4.90 Å². The highest BCUT2D eigenvalue weighted by Crippen LogP contribution is 2.21. The number of benzene rings is 2. The number of hydrogen-bond donors (Lipinski definition) is 0. The van der Waals surface area contributed by atoms with E-state index in [-0.39, 0.29) is 11.7 Å². The Bertz CT molecular complexity index is 985. The van der Waals surface area contributed by atoms with Crippen LogP contribution in [0.15, 0.2) is 60.8 Å². The molecule has 1 aliphatic heterocycles. The molecular formula is C22H21FN4O. The Morgan fingerprint density at radius 2 is 1.64 bits per heavy atom. The van der Waals surface area contributed by atoms with Crippen molar-refractivity contribution in [2.24, 2.45) is 0 Å². The summed E-state index contributed by atoms with van der Waals surface area (Å²) in [4.78, 5) is 25.6. The minimum absolute atomic E-state index is 0.0784. The fourth-order valence-corrected chi connectivity index (χ4v) is 3.43.